The van der Waals surface area contributed by atoms with Crippen LogP contribution in [0.1, 0.15) is 13.3 Å². The predicted molar refractivity (Wildman–Crippen MR) is 79.6 cm³/mol. The van der Waals surface area contributed by atoms with E-state index >= 15 is 0 Å². The molecule has 0 spiro atoms. The maximum Gasteiger partial charge on any atom is 0.157 e. The SMILES string of the molecule is CCCOc1ccc(NC2OC(C(O)CO)C(O)C2O)cc1. The van der Waals surface area contributed by atoms with E-state index in [-0.39, 0.29) is 0 Å². The van der Waals surface area contributed by atoms with Crippen LogP contribution in [0, 0.1) is 0 Å². The first-order valence-corrected chi connectivity index (χ1v) is 7.36. The Labute approximate surface area is 129 Å². The minimum Gasteiger partial charge on any atom is -0.494 e. The first-order valence-electron chi connectivity index (χ1n) is 7.36. The molecular weight excluding hydrogens is 290 g/mol. The molecule has 5 N–H and O–H groups in total. The highest BCUT2D eigenvalue weighted by Gasteiger charge is 2.45. The van der Waals surface area contributed by atoms with Crippen molar-refractivity contribution in [3.8, 4) is 5.75 Å². The predicted octanol–water partition coefficient (Wildman–Crippen LogP) is -0.313. The van der Waals surface area contributed by atoms with Gasteiger partial charge in [-0.25, -0.2) is 0 Å². The molecule has 1 aromatic rings. The van der Waals surface area contributed by atoms with Crippen LogP contribution in [0.3, 0.4) is 0 Å². The molecule has 1 fully saturated rings. The fraction of sp³-hybridized carbons (Fsp3) is 0.600. The van der Waals surface area contributed by atoms with Gasteiger partial charge in [0.05, 0.1) is 13.2 Å². The van der Waals surface area contributed by atoms with Gasteiger partial charge in [0.15, 0.2) is 6.23 Å². The lowest BCUT2D eigenvalue weighted by Gasteiger charge is -2.19. The highest BCUT2D eigenvalue weighted by Crippen LogP contribution is 2.26. The Morgan fingerprint density at radius 1 is 1.23 bits per heavy atom. The molecule has 0 aromatic heterocycles. The zero-order chi connectivity index (χ0) is 16.1. The molecule has 0 radical (unpaired) electrons. The third-order valence-electron chi connectivity index (χ3n) is 3.50. The minimum atomic E-state index is -1.27. The monoisotopic (exact) mass is 313 g/mol. The normalized spacial score (nSPS) is 29.3. The van der Waals surface area contributed by atoms with Crippen LogP contribution in [-0.2, 0) is 4.74 Å². The second-order valence-electron chi connectivity index (χ2n) is 5.27. The summed E-state index contributed by atoms with van der Waals surface area (Å²) in [7, 11) is 0. The van der Waals surface area contributed by atoms with E-state index in [9.17, 15) is 15.3 Å². The molecule has 2 rings (SSSR count). The Kier molecular flexibility index (Phi) is 5.98. The first kappa shape index (κ1) is 17.0. The summed E-state index contributed by atoms with van der Waals surface area (Å²) in [5.74, 6) is 0.744. The van der Waals surface area contributed by atoms with E-state index in [1.807, 2.05) is 6.92 Å². The second kappa shape index (κ2) is 7.75. The molecule has 0 saturated carbocycles. The van der Waals surface area contributed by atoms with E-state index in [4.69, 9.17) is 14.6 Å². The van der Waals surface area contributed by atoms with Crippen LogP contribution in [0.25, 0.3) is 0 Å². The molecule has 1 saturated heterocycles. The van der Waals surface area contributed by atoms with Crippen LogP contribution in [0.5, 0.6) is 5.75 Å². The summed E-state index contributed by atoms with van der Waals surface area (Å²) in [6, 6.07) is 7.11. The molecule has 0 amide bonds. The Morgan fingerprint density at radius 3 is 2.50 bits per heavy atom. The number of ether oxygens (including phenoxy) is 2. The molecule has 1 aromatic carbocycles. The van der Waals surface area contributed by atoms with E-state index in [2.05, 4.69) is 5.32 Å². The van der Waals surface area contributed by atoms with Crippen molar-refractivity contribution in [2.75, 3.05) is 18.5 Å². The average Bonchev–Trinajstić information content (AvgIpc) is 2.82. The van der Waals surface area contributed by atoms with Crippen molar-refractivity contribution < 1.29 is 29.9 Å². The fourth-order valence-corrected chi connectivity index (χ4v) is 2.28. The van der Waals surface area contributed by atoms with Gasteiger partial charge in [0.1, 0.15) is 30.2 Å². The molecule has 0 aliphatic carbocycles. The number of aliphatic hydroxyl groups excluding tert-OH is 4. The minimum absolute atomic E-state index is 0.551. The number of hydrogen-bond acceptors (Lipinski definition) is 7. The summed E-state index contributed by atoms with van der Waals surface area (Å²) < 4.78 is 10.9. The lowest BCUT2D eigenvalue weighted by Crippen LogP contribution is -2.40. The molecule has 22 heavy (non-hydrogen) atoms. The Hall–Kier alpha value is -1.38. The van der Waals surface area contributed by atoms with Crippen molar-refractivity contribution in [3.63, 3.8) is 0 Å². The number of aliphatic hydroxyl groups is 4. The quantitative estimate of drug-likeness (QED) is 0.469. The van der Waals surface area contributed by atoms with Crippen molar-refractivity contribution in [2.24, 2.45) is 0 Å². The van der Waals surface area contributed by atoms with Gasteiger partial charge < -0.3 is 35.2 Å². The summed E-state index contributed by atoms with van der Waals surface area (Å²) in [4.78, 5) is 0. The third-order valence-corrected chi connectivity index (χ3v) is 3.50. The van der Waals surface area contributed by atoms with Gasteiger partial charge in [0, 0.05) is 5.69 Å². The summed E-state index contributed by atoms with van der Waals surface area (Å²) in [6.45, 7) is 2.12. The van der Waals surface area contributed by atoms with Gasteiger partial charge >= 0.3 is 0 Å². The van der Waals surface area contributed by atoms with Gasteiger partial charge in [-0.05, 0) is 30.7 Å². The summed E-state index contributed by atoms with van der Waals surface area (Å²) in [6.07, 6.45) is -4.71. The zero-order valence-electron chi connectivity index (χ0n) is 12.4. The largest absolute Gasteiger partial charge is 0.494 e. The lowest BCUT2D eigenvalue weighted by atomic mass is 10.1. The molecule has 1 aliphatic heterocycles. The topological polar surface area (TPSA) is 111 Å². The smallest absolute Gasteiger partial charge is 0.157 e. The molecule has 1 aliphatic rings. The number of rotatable bonds is 7. The van der Waals surface area contributed by atoms with E-state index in [0.29, 0.717) is 12.3 Å². The van der Waals surface area contributed by atoms with Gasteiger partial charge in [-0.3, -0.25) is 0 Å². The summed E-state index contributed by atoms with van der Waals surface area (Å²) in [5, 5.41) is 41.2. The number of hydrogen-bond donors (Lipinski definition) is 5. The fourth-order valence-electron chi connectivity index (χ4n) is 2.28. The van der Waals surface area contributed by atoms with E-state index in [1.54, 1.807) is 24.3 Å². The van der Waals surface area contributed by atoms with Crippen LogP contribution >= 0.6 is 0 Å². The van der Waals surface area contributed by atoms with Gasteiger partial charge in [0.2, 0.25) is 0 Å². The molecule has 124 valence electrons. The van der Waals surface area contributed by atoms with E-state index in [0.717, 1.165) is 12.2 Å². The molecular formula is C15H23NO6. The Bertz CT molecular complexity index is 454. The first-order chi connectivity index (χ1) is 10.6. The van der Waals surface area contributed by atoms with Crippen molar-refractivity contribution in [3.05, 3.63) is 24.3 Å². The third kappa shape index (κ3) is 3.88. The van der Waals surface area contributed by atoms with Crippen LogP contribution in [0.4, 0.5) is 5.69 Å². The van der Waals surface area contributed by atoms with Crippen LogP contribution < -0.4 is 10.1 Å². The van der Waals surface area contributed by atoms with Crippen LogP contribution in [0.2, 0.25) is 0 Å². The van der Waals surface area contributed by atoms with Crippen molar-refractivity contribution in [1.82, 2.24) is 0 Å². The maximum atomic E-state index is 9.95. The highest BCUT2D eigenvalue weighted by atomic mass is 16.6. The molecule has 0 bridgehead atoms. The summed E-state index contributed by atoms with van der Waals surface area (Å²) >= 11 is 0. The van der Waals surface area contributed by atoms with Gasteiger partial charge in [0.25, 0.3) is 0 Å². The number of anilines is 1. The maximum absolute atomic E-state index is 9.95. The van der Waals surface area contributed by atoms with Crippen molar-refractivity contribution >= 4 is 5.69 Å². The van der Waals surface area contributed by atoms with Crippen molar-refractivity contribution in [2.45, 2.75) is 44.0 Å². The van der Waals surface area contributed by atoms with Gasteiger partial charge in [-0.1, -0.05) is 6.92 Å². The highest BCUT2D eigenvalue weighted by molar-refractivity contribution is 5.47. The van der Waals surface area contributed by atoms with Crippen LogP contribution in [-0.4, -0.2) is 64.3 Å². The number of nitrogens with one attached hydrogen (secondary N) is 1. The van der Waals surface area contributed by atoms with E-state index in [1.165, 1.54) is 0 Å². The zero-order valence-corrected chi connectivity index (χ0v) is 12.4. The Morgan fingerprint density at radius 2 is 1.91 bits per heavy atom. The molecule has 5 atom stereocenters. The van der Waals surface area contributed by atoms with Gasteiger partial charge in [-0.2, -0.15) is 0 Å². The average molecular weight is 313 g/mol. The summed E-state index contributed by atoms with van der Waals surface area (Å²) in [5.41, 5.74) is 0.680. The molecule has 7 nitrogen and oxygen atoms in total. The lowest BCUT2D eigenvalue weighted by molar-refractivity contribution is -0.0774. The standard InChI is InChI=1S/C15H23NO6/c1-2-7-21-10-5-3-9(4-6-10)16-15-13(20)12(19)14(22-15)11(18)8-17/h3-6,11-20H,2,7-8H2,1H3. The molecule has 5 unspecified atom stereocenters. The Balaban J connectivity index is 1.95. The molecule has 1 heterocycles. The van der Waals surface area contributed by atoms with E-state index < -0.39 is 37.3 Å². The molecule has 7 heteroatoms. The van der Waals surface area contributed by atoms with Crippen molar-refractivity contribution in [1.29, 1.82) is 0 Å². The van der Waals surface area contributed by atoms with Crippen LogP contribution in [0.15, 0.2) is 24.3 Å². The number of benzene rings is 1. The van der Waals surface area contributed by atoms with Gasteiger partial charge in [-0.15, -0.1) is 0 Å². The second-order valence-corrected chi connectivity index (χ2v) is 5.27.